The first-order chi connectivity index (χ1) is 6.02. The summed E-state index contributed by atoms with van der Waals surface area (Å²) >= 11 is 10.8. The van der Waals surface area contributed by atoms with Crippen molar-refractivity contribution in [1.29, 1.82) is 0 Å². The molecule has 0 radical (unpaired) electrons. The summed E-state index contributed by atoms with van der Waals surface area (Å²) in [6, 6.07) is 0. The Morgan fingerprint density at radius 2 is 1.85 bits per heavy atom. The summed E-state index contributed by atoms with van der Waals surface area (Å²) in [4.78, 5) is 21.7. The fourth-order valence-electron chi connectivity index (χ4n) is 0.671. The molecule has 0 saturated carbocycles. The van der Waals surface area contributed by atoms with Crippen molar-refractivity contribution in [3.05, 3.63) is 0 Å². The van der Waals surface area contributed by atoms with Crippen molar-refractivity contribution in [3.8, 4) is 0 Å². The third-order valence-corrected chi connectivity index (χ3v) is 2.23. The molecular formula is C8H12Cl2O3. The third-order valence-electron chi connectivity index (χ3n) is 1.50. The van der Waals surface area contributed by atoms with Crippen molar-refractivity contribution in [2.45, 2.75) is 38.2 Å². The first kappa shape index (κ1) is 12.7. The SMILES string of the molecule is CCC(Cl)C(=O)OC(CC)C(=O)Cl. The van der Waals surface area contributed by atoms with Gasteiger partial charge in [0.2, 0.25) is 0 Å². The monoisotopic (exact) mass is 226 g/mol. The van der Waals surface area contributed by atoms with Crippen LogP contribution in [0.15, 0.2) is 0 Å². The van der Waals surface area contributed by atoms with Crippen LogP contribution < -0.4 is 0 Å². The summed E-state index contributed by atoms with van der Waals surface area (Å²) in [5.41, 5.74) is 0. The Labute approximate surface area is 87.3 Å². The number of halogens is 2. The number of alkyl halides is 1. The molecule has 0 bridgehead atoms. The molecule has 13 heavy (non-hydrogen) atoms. The predicted molar refractivity (Wildman–Crippen MR) is 51.0 cm³/mol. The molecule has 0 amide bonds. The smallest absolute Gasteiger partial charge is 0.324 e. The van der Waals surface area contributed by atoms with E-state index < -0.39 is 22.7 Å². The normalized spacial score (nSPS) is 14.8. The standard InChI is InChI=1S/C8H12Cl2O3/c1-3-5(9)8(12)13-6(4-2)7(10)11/h5-6H,3-4H2,1-2H3. The molecule has 0 aliphatic carbocycles. The maximum Gasteiger partial charge on any atom is 0.324 e. The summed E-state index contributed by atoms with van der Waals surface area (Å²) in [5.74, 6) is -0.593. The topological polar surface area (TPSA) is 43.4 Å². The average molecular weight is 227 g/mol. The van der Waals surface area contributed by atoms with Gasteiger partial charge in [-0.3, -0.25) is 9.59 Å². The van der Waals surface area contributed by atoms with Crippen molar-refractivity contribution in [2.24, 2.45) is 0 Å². The van der Waals surface area contributed by atoms with Crippen molar-refractivity contribution in [1.82, 2.24) is 0 Å². The molecular weight excluding hydrogens is 215 g/mol. The molecule has 3 nitrogen and oxygen atoms in total. The maximum atomic E-state index is 11.1. The molecule has 0 aliphatic rings. The van der Waals surface area contributed by atoms with Crippen molar-refractivity contribution < 1.29 is 14.3 Å². The molecule has 0 aromatic carbocycles. The van der Waals surface area contributed by atoms with Gasteiger partial charge in [-0.05, 0) is 24.4 Å². The van der Waals surface area contributed by atoms with Crippen LogP contribution in [-0.4, -0.2) is 22.7 Å². The van der Waals surface area contributed by atoms with Crippen molar-refractivity contribution in [3.63, 3.8) is 0 Å². The number of esters is 1. The van der Waals surface area contributed by atoms with Gasteiger partial charge in [0.15, 0.2) is 6.10 Å². The molecule has 0 rings (SSSR count). The Balaban J connectivity index is 4.09. The second-order valence-electron chi connectivity index (χ2n) is 2.51. The van der Waals surface area contributed by atoms with Crippen LogP contribution in [0.5, 0.6) is 0 Å². The molecule has 76 valence electrons. The summed E-state index contributed by atoms with van der Waals surface area (Å²) in [6.07, 6.45) is -0.0451. The van der Waals surface area contributed by atoms with Gasteiger partial charge in [-0.2, -0.15) is 0 Å². The van der Waals surface area contributed by atoms with E-state index in [-0.39, 0.29) is 0 Å². The van der Waals surface area contributed by atoms with Crippen LogP contribution in [0.25, 0.3) is 0 Å². The molecule has 0 aliphatic heterocycles. The summed E-state index contributed by atoms with van der Waals surface area (Å²) in [7, 11) is 0. The summed E-state index contributed by atoms with van der Waals surface area (Å²) in [5, 5.41) is -1.37. The van der Waals surface area contributed by atoms with Gasteiger partial charge in [0.1, 0.15) is 5.38 Å². The lowest BCUT2D eigenvalue weighted by molar-refractivity contribution is -0.152. The van der Waals surface area contributed by atoms with E-state index in [2.05, 4.69) is 0 Å². The Bertz CT molecular complexity index is 194. The third kappa shape index (κ3) is 4.48. The van der Waals surface area contributed by atoms with Gasteiger partial charge in [0, 0.05) is 0 Å². The maximum absolute atomic E-state index is 11.1. The number of hydrogen-bond donors (Lipinski definition) is 0. The molecule has 0 fully saturated rings. The Morgan fingerprint density at radius 1 is 1.31 bits per heavy atom. The fourth-order valence-corrected chi connectivity index (χ4v) is 0.921. The van der Waals surface area contributed by atoms with E-state index in [1.54, 1.807) is 13.8 Å². The van der Waals surface area contributed by atoms with E-state index in [9.17, 15) is 9.59 Å². The minimum atomic E-state index is -0.873. The second-order valence-corrected chi connectivity index (χ2v) is 3.41. The molecule has 0 saturated heterocycles. The predicted octanol–water partition coefficient (Wildman–Crippen LogP) is 2.09. The van der Waals surface area contributed by atoms with E-state index in [0.717, 1.165) is 0 Å². The lowest BCUT2D eigenvalue weighted by Crippen LogP contribution is -2.27. The van der Waals surface area contributed by atoms with Crippen LogP contribution >= 0.6 is 23.2 Å². The Morgan fingerprint density at radius 3 is 2.15 bits per heavy atom. The van der Waals surface area contributed by atoms with Gasteiger partial charge in [-0.1, -0.05) is 13.8 Å². The quantitative estimate of drug-likeness (QED) is 0.410. The Kier molecular flexibility index (Phi) is 6.08. The number of carbonyl (C=O) groups excluding carboxylic acids is 2. The zero-order chi connectivity index (χ0) is 10.4. The van der Waals surface area contributed by atoms with Gasteiger partial charge < -0.3 is 4.74 Å². The number of hydrogen-bond acceptors (Lipinski definition) is 3. The van der Waals surface area contributed by atoms with Gasteiger partial charge in [-0.25, -0.2) is 0 Å². The molecule has 0 spiro atoms. The number of rotatable bonds is 5. The molecule has 0 aromatic rings. The minimum absolute atomic E-state index is 0.362. The highest BCUT2D eigenvalue weighted by Crippen LogP contribution is 2.09. The van der Waals surface area contributed by atoms with Gasteiger partial charge in [0.05, 0.1) is 0 Å². The van der Waals surface area contributed by atoms with Crippen LogP contribution in [0.2, 0.25) is 0 Å². The van der Waals surface area contributed by atoms with Crippen LogP contribution in [0.4, 0.5) is 0 Å². The number of ether oxygens (including phenoxy) is 1. The van der Waals surface area contributed by atoms with E-state index >= 15 is 0 Å². The fraction of sp³-hybridized carbons (Fsp3) is 0.750. The first-order valence-electron chi connectivity index (χ1n) is 4.06. The molecule has 2 unspecified atom stereocenters. The second kappa shape index (κ2) is 6.22. The first-order valence-corrected chi connectivity index (χ1v) is 4.88. The molecule has 0 N–H and O–H groups in total. The molecule has 0 aromatic heterocycles. The highest BCUT2D eigenvalue weighted by Gasteiger charge is 2.22. The molecule has 2 atom stereocenters. The summed E-state index contributed by atoms with van der Waals surface area (Å²) < 4.78 is 4.76. The van der Waals surface area contributed by atoms with Crippen molar-refractivity contribution in [2.75, 3.05) is 0 Å². The molecule has 0 heterocycles. The zero-order valence-corrected chi connectivity index (χ0v) is 9.06. The average Bonchev–Trinajstić information content (AvgIpc) is 2.11. The van der Waals surface area contributed by atoms with E-state index in [4.69, 9.17) is 27.9 Å². The lowest BCUT2D eigenvalue weighted by Gasteiger charge is -2.13. The van der Waals surface area contributed by atoms with Crippen LogP contribution in [0, 0.1) is 0 Å². The minimum Gasteiger partial charge on any atom is -0.452 e. The van der Waals surface area contributed by atoms with E-state index in [0.29, 0.717) is 12.8 Å². The Hall–Kier alpha value is -0.280. The number of carbonyl (C=O) groups is 2. The van der Waals surface area contributed by atoms with Crippen LogP contribution in [0.1, 0.15) is 26.7 Å². The van der Waals surface area contributed by atoms with Crippen LogP contribution in [-0.2, 0) is 14.3 Å². The summed E-state index contributed by atoms with van der Waals surface area (Å²) in [6.45, 7) is 3.45. The highest BCUT2D eigenvalue weighted by molar-refractivity contribution is 6.64. The van der Waals surface area contributed by atoms with Gasteiger partial charge >= 0.3 is 5.97 Å². The van der Waals surface area contributed by atoms with Gasteiger partial charge in [-0.15, -0.1) is 11.6 Å². The lowest BCUT2D eigenvalue weighted by atomic mass is 10.3. The van der Waals surface area contributed by atoms with Crippen LogP contribution in [0.3, 0.4) is 0 Å². The van der Waals surface area contributed by atoms with E-state index in [1.807, 2.05) is 0 Å². The van der Waals surface area contributed by atoms with Gasteiger partial charge in [0.25, 0.3) is 5.24 Å². The molecule has 5 heteroatoms. The van der Waals surface area contributed by atoms with Crippen molar-refractivity contribution >= 4 is 34.4 Å². The highest BCUT2D eigenvalue weighted by atomic mass is 35.5. The zero-order valence-electron chi connectivity index (χ0n) is 7.55. The largest absolute Gasteiger partial charge is 0.452 e. The van der Waals surface area contributed by atoms with E-state index in [1.165, 1.54) is 0 Å².